The van der Waals surface area contributed by atoms with Gasteiger partial charge < -0.3 is 10.1 Å². The fourth-order valence-electron chi connectivity index (χ4n) is 3.37. The number of methoxy groups -OCH3 is 1. The van der Waals surface area contributed by atoms with Crippen LogP contribution in [0.3, 0.4) is 0 Å². The van der Waals surface area contributed by atoms with Gasteiger partial charge in [-0.15, -0.1) is 0 Å². The van der Waals surface area contributed by atoms with Crippen molar-refractivity contribution in [2.75, 3.05) is 12.4 Å². The molecule has 0 aliphatic carbocycles. The Balaban J connectivity index is 1.44. The third kappa shape index (κ3) is 4.68. The van der Waals surface area contributed by atoms with E-state index in [2.05, 4.69) is 15.3 Å². The molecule has 162 valence electrons. The summed E-state index contributed by atoms with van der Waals surface area (Å²) in [5, 5.41) is 4.11. The van der Waals surface area contributed by atoms with Gasteiger partial charge in [0.1, 0.15) is 0 Å². The minimum absolute atomic E-state index is 0.0867. The summed E-state index contributed by atoms with van der Waals surface area (Å²) >= 11 is 1.59. The van der Waals surface area contributed by atoms with Crippen LogP contribution in [0.15, 0.2) is 66.9 Å². The first-order valence-electron chi connectivity index (χ1n) is 10.2. The molecule has 0 saturated heterocycles. The quantitative estimate of drug-likeness (QED) is 0.283. The molecule has 0 aliphatic heterocycles. The molecular weight excluding hydrogens is 422 g/mol. The minimum Gasteiger partial charge on any atom is -0.469 e. The summed E-state index contributed by atoms with van der Waals surface area (Å²) in [5.41, 5.74) is 3.21. The first-order valence-corrected chi connectivity index (χ1v) is 11.0. The topological polar surface area (TPSA) is 81.2 Å². The van der Waals surface area contributed by atoms with Gasteiger partial charge in [-0.25, -0.2) is 4.98 Å². The molecule has 0 aliphatic rings. The first kappa shape index (κ1) is 21.6. The van der Waals surface area contributed by atoms with E-state index in [1.54, 1.807) is 43.5 Å². The molecule has 2 aromatic heterocycles. The van der Waals surface area contributed by atoms with E-state index in [1.807, 2.05) is 48.5 Å². The number of aromatic nitrogens is 2. The SMILES string of the molecule is COC(=O)C(C)(C)CC(=O)c1ccc(-c2ccc(Nc3nc4ccccc4s3)cn2)cc1. The highest BCUT2D eigenvalue weighted by atomic mass is 32.1. The number of ether oxygens (including phenoxy) is 1. The number of Topliss-reactive ketones (excluding diaryl/α,β-unsaturated/α-hetero) is 1. The summed E-state index contributed by atoms with van der Waals surface area (Å²) in [5.74, 6) is -0.499. The molecule has 0 spiro atoms. The van der Waals surface area contributed by atoms with Gasteiger partial charge >= 0.3 is 5.97 Å². The van der Waals surface area contributed by atoms with Gasteiger partial charge in [0, 0.05) is 17.5 Å². The molecule has 4 rings (SSSR count). The summed E-state index contributed by atoms with van der Waals surface area (Å²) in [6.07, 6.45) is 1.85. The zero-order valence-corrected chi connectivity index (χ0v) is 18.9. The van der Waals surface area contributed by atoms with Gasteiger partial charge in [-0.1, -0.05) is 47.7 Å². The number of fused-ring (bicyclic) bond motifs is 1. The van der Waals surface area contributed by atoms with Gasteiger partial charge in [0.15, 0.2) is 10.9 Å². The molecule has 6 nitrogen and oxygen atoms in total. The Bertz CT molecular complexity index is 1230. The number of thiazole rings is 1. The molecule has 0 amide bonds. The number of hydrogen-bond acceptors (Lipinski definition) is 7. The van der Waals surface area contributed by atoms with Crippen molar-refractivity contribution in [3.05, 3.63) is 72.4 Å². The number of esters is 1. The zero-order valence-electron chi connectivity index (χ0n) is 18.1. The predicted molar refractivity (Wildman–Crippen MR) is 127 cm³/mol. The van der Waals surface area contributed by atoms with Gasteiger partial charge in [-0.05, 0) is 38.1 Å². The predicted octanol–water partition coefficient (Wildman–Crippen LogP) is 5.87. The van der Waals surface area contributed by atoms with E-state index in [0.29, 0.717) is 5.56 Å². The van der Waals surface area contributed by atoms with E-state index in [1.165, 1.54) is 7.11 Å². The van der Waals surface area contributed by atoms with Gasteiger partial charge in [-0.2, -0.15) is 0 Å². The van der Waals surface area contributed by atoms with Crippen molar-refractivity contribution in [2.24, 2.45) is 5.41 Å². The Morgan fingerprint density at radius 1 is 1.03 bits per heavy atom. The summed E-state index contributed by atoms with van der Waals surface area (Å²) in [6.45, 7) is 3.41. The number of carbonyl (C=O) groups excluding carboxylic acids is 2. The molecular formula is C25H23N3O3S. The molecule has 0 atom stereocenters. The number of nitrogens with zero attached hydrogens (tertiary/aromatic N) is 2. The van der Waals surface area contributed by atoms with Crippen molar-refractivity contribution >= 4 is 44.1 Å². The lowest BCUT2D eigenvalue weighted by Gasteiger charge is -2.20. The molecule has 2 aromatic carbocycles. The number of anilines is 2. The molecule has 0 radical (unpaired) electrons. The average molecular weight is 446 g/mol. The summed E-state index contributed by atoms with van der Waals surface area (Å²) < 4.78 is 5.91. The summed E-state index contributed by atoms with van der Waals surface area (Å²) in [6, 6.07) is 19.1. The van der Waals surface area contributed by atoms with Crippen LogP contribution in [0.1, 0.15) is 30.6 Å². The molecule has 2 heterocycles. The van der Waals surface area contributed by atoms with E-state index in [4.69, 9.17) is 4.74 Å². The van der Waals surface area contributed by atoms with E-state index in [0.717, 1.165) is 32.3 Å². The Morgan fingerprint density at radius 2 is 1.78 bits per heavy atom. The smallest absolute Gasteiger partial charge is 0.311 e. The van der Waals surface area contributed by atoms with E-state index in [-0.39, 0.29) is 12.2 Å². The lowest BCUT2D eigenvalue weighted by atomic mass is 9.85. The van der Waals surface area contributed by atoms with Crippen LogP contribution in [-0.2, 0) is 9.53 Å². The Morgan fingerprint density at radius 3 is 2.44 bits per heavy atom. The van der Waals surface area contributed by atoms with Crippen LogP contribution < -0.4 is 5.32 Å². The van der Waals surface area contributed by atoms with E-state index >= 15 is 0 Å². The van der Waals surface area contributed by atoms with Gasteiger partial charge in [0.05, 0.1) is 40.3 Å². The molecule has 7 heteroatoms. The molecule has 32 heavy (non-hydrogen) atoms. The number of nitrogens with one attached hydrogen (secondary N) is 1. The molecule has 0 bridgehead atoms. The second kappa shape index (κ2) is 8.88. The lowest BCUT2D eigenvalue weighted by Crippen LogP contribution is -2.28. The van der Waals surface area contributed by atoms with Gasteiger partial charge in [0.2, 0.25) is 0 Å². The fraction of sp³-hybridized carbons (Fsp3) is 0.200. The maximum Gasteiger partial charge on any atom is 0.311 e. The maximum atomic E-state index is 12.6. The highest BCUT2D eigenvalue weighted by Gasteiger charge is 2.31. The van der Waals surface area contributed by atoms with Crippen LogP contribution in [0.5, 0.6) is 0 Å². The molecule has 4 aromatic rings. The number of benzene rings is 2. The van der Waals surface area contributed by atoms with Crippen LogP contribution in [0.2, 0.25) is 0 Å². The second-order valence-electron chi connectivity index (χ2n) is 8.10. The van der Waals surface area contributed by atoms with Crippen LogP contribution in [0.25, 0.3) is 21.5 Å². The zero-order chi connectivity index (χ0) is 22.7. The summed E-state index contributed by atoms with van der Waals surface area (Å²) in [7, 11) is 1.33. The normalized spacial score (nSPS) is 11.3. The lowest BCUT2D eigenvalue weighted by molar-refractivity contribution is -0.150. The third-order valence-electron chi connectivity index (χ3n) is 5.15. The standard InChI is InChI=1S/C25H23N3O3S/c1-25(2,23(30)31-3)14-21(29)17-10-8-16(9-11-17)19-13-12-18(15-26-19)27-24-28-20-6-4-5-7-22(20)32-24/h4-13,15H,14H2,1-3H3,(H,27,28). The van der Waals surface area contributed by atoms with Crippen LogP contribution in [0.4, 0.5) is 10.8 Å². The van der Waals surface area contributed by atoms with Gasteiger partial charge in [-0.3, -0.25) is 14.6 Å². The fourth-order valence-corrected chi connectivity index (χ4v) is 4.25. The number of pyridine rings is 1. The van der Waals surface area contributed by atoms with Crippen molar-refractivity contribution in [1.29, 1.82) is 0 Å². The highest BCUT2D eigenvalue weighted by Crippen LogP contribution is 2.29. The second-order valence-corrected chi connectivity index (χ2v) is 9.13. The minimum atomic E-state index is -0.863. The number of rotatable bonds is 7. The van der Waals surface area contributed by atoms with Crippen molar-refractivity contribution < 1.29 is 14.3 Å². The molecule has 1 N–H and O–H groups in total. The van der Waals surface area contributed by atoms with Crippen LogP contribution in [-0.4, -0.2) is 28.8 Å². The van der Waals surface area contributed by atoms with Gasteiger partial charge in [0.25, 0.3) is 0 Å². The monoisotopic (exact) mass is 445 g/mol. The number of ketones is 1. The Labute approximate surface area is 190 Å². The van der Waals surface area contributed by atoms with Crippen molar-refractivity contribution in [3.8, 4) is 11.3 Å². The highest BCUT2D eigenvalue weighted by molar-refractivity contribution is 7.22. The van der Waals surface area contributed by atoms with Crippen molar-refractivity contribution in [3.63, 3.8) is 0 Å². The van der Waals surface area contributed by atoms with E-state index in [9.17, 15) is 9.59 Å². The molecule has 0 fully saturated rings. The first-order chi connectivity index (χ1) is 15.4. The van der Waals surface area contributed by atoms with Crippen LogP contribution in [0, 0.1) is 5.41 Å². The molecule has 0 saturated carbocycles. The maximum absolute atomic E-state index is 12.6. The molecule has 0 unspecified atom stereocenters. The Hall–Kier alpha value is -3.58. The Kier molecular flexibility index (Phi) is 6.01. The number of para-hydroxylation sites is 1. The van der Waals surface area contributed by atoms with E-state index < -0.39 is 11.4 Å². The third-order valence-corrected chi connectivity index (χ3v) is 6.10. The number of hydrogen-bond donors (Lipinski definition) is 1. The van der Waals surface area contributed by atoms with Crippen molar-refractivity contribution in [1.82, 2.24) is 9.97 Å². The summed E-state index contributed by atoms with van der Waals surface area (Å²) in [4.78, 5) is 33.5. The van der Waals surface area contributed by atoms with Crippen LogP contribution >= 0.6 is 11.3 Å². The van der Waals surface area contributed by atoms with Crippen molar-refractivity contribution in [2.45, 2.75) is 20.3 Å². The average Bonchev–Trinajstić information content (AvgIpc) is 3.21. The largest absolute Gasteiger partial charge is 0.469 e. The number of carbonyl (C=O) groups is 2.